The van der Waals surface area contributed by atoms with E-state index in [0.29, 0.717) is 19.1 Å². The molecule has 1 saturated heterocycles. The van der Waals surface area contributed by atoms with Gasteiger partial charge in [0.2, 0.25) is 5.91 Å². The summed E-state index contributed by atoms with van der Waals surface area (Å²) in [6.45, 7) is 3.57. The number of amides is 1. The second-order valence-electron chi connectivity index (χ2n) is 6.67. The van der Waals surface area contributed by atoms with Crippen LogP contribution < -0.4 is 10.1 Å². The summed E-state index contributed by atoms with van der Waals surface area (Å²) in [7, 11) is 0. The lowest BCUT2D eigenvalue weighted by atomic mass is 10.0. The zero-order valence-corrected chi connectivity index (χ0v) is 14.2. The highest BCUT2D eigenvalue weighted by Crippen LogP contribution is 2.27. The summed E-state index contributed by atoms with van der Waals surface area (Å²) in [6, 6.07) is 6.42. The van der Waals surface area contributed by atoms with Crippen molar-refractivity contribution in [2.45, 2.75) is 38.3 Å². The summed E-state index contributed by atoms with van der Waals surface area (Å²) < 4.78 is 7.86. The maximum absolute atomic E-state index is 11.4. The van der Waals surface area contributed by atoms with Crippen molar-refractivity contribution in [2.24, 2.45) is 0 Å². The van der Waals surface area contributed by atoms with Crippen LogP contribution in [0.25, 0.3) is 0 Å². The van der Waals surface area contributed by atoms with Crippen molar-refractivity contribution in [2.75, 3.05) is 25.0 Å². The van der Waals surface area contributed by atoms with Gasteiger partial charge in [0.05, 0.1) is 6.54 Å². The minimum Gasteiger partial charge on any atom is -0.492 e. The molecule has 1 aromatic heterocycles. The molecule has 1 atom stereocenters. The Balaban J connectivity index is 1.29. The zero-order valence-electron chi connectivity index (χ0n) is 14.2. The van der Waals surface area contributed by atoms with E-state index in [0.717, 1.165) is 43.1 Å². The van der Waals surface area contributed by atoms with Crippen molar-refractivity contribution in [3.63, 3.8) is 0 Å². The molecule has 1 fully saturated rings. The van der Waals surface area contributed by atoms with Gasteiger partial charge in [-0.2, -0.15) is 5.10 Å². The van der Waals surface area contributed by atoms with Crippen molar-refractivity contribution in [1.29, 1.82) is 0 Å². The van der Waals surface area contributed by atoms with E-state index in [9.17, 15) is 4.79 Å². The molecule has 7 heteroatoms. The second kappa shape index (κ2) is 7.23. The predicted octanol–water partition coefficient (Wildman–Crippen LogP) is 1.71. The van der Waals surface area contributed by atoms with E-state index < -0.39 is 0 Å². The molecule has 2 aromatic rings. The Labute approximate surface area is 147 Å². The van der Waals surface area contributed by atoms with Crippen LogP contribution in [0.1, 0.15) is 24.8 Å². The molecule has 0 aliphatic carbocycles. The van der Waals surface area contributed by atoms with Gasteiger partial charge < -0.3 is 10.1 Å². The molecule has 2 aliphatic rings. The fourth-order valence-corrected chi connectivity index (χ4v) is 3.67. The molecule has 3 heterocycles. The molecule has 1 amide bonds. The van der Waals surface area contributed by atoms with Crippen molar-refractivity contribution < 1.29 is 9.53 Å². The first-order valence-corrected chi connectivity index (χ1v) is 8.90. The monoisotopic (exact) mass is 341 g/mol. The van der Waals surface area contributed by atoms with Crippen LogP contribution in [0.15, 0.2) is 30.9 Å². The van der Waals surface area contributed by atoms with Gasteiger partial charge in [0.1, 0.15) is 25.0 Å². The van der Waals surface area contributed by atoms with Crippen LogP contribution in [-0.2, 0) is 17.8 Å². The van der Waals surface area contributed by atoms with Gasteiger partial charge in [-0.25, -0.2) is 4.98 Å². The molecule has 25 heavy (non-hydrogen) atoms. The lowest BCUT2D eigenvalue weighted by Gasteiger charge is -2.24. The number of anilines is 1. The normalized spacial score (nSPS) is 20.3. The molecular formula is C18H23N5O2. The molecule has 132 valence electrons. The molecule has 0 saturated carbocycles. The lowest BCUT2D eigenvalue weighted by Crippen LogP contribution is -2.36. The van der Waals surface area contributed by atoms with Crippen LogP contribution in [0, 0.1) is 0 Å². The first-order valence-electron chi connectivity index (χ1n) is 8.90. The van der Waals surface area contributed by atoms with E-state index in [1.165, 1.54) is 12.8 Å². The molecule has 4 rings (SSSR count). The van der Waals surface area contributed by atoms with E-state index in [1.54, 1.807) is 12.7 Å². The number of carbonyl (C=O) groups is 1. The van der Waals surface area contributed by atoms with Gasteiger partial charge in [-0.1, -0.05) is 0 Å². The number of aromatic nitrogens is 3. The number of ether oxygens (including phenoxy) is 1. The number of aryl methyl sites for hydroxylation is 1. The summed E-state index contributed by atoms with van der Waals surface area (Å²) in [5.74, 6) is 0.968. The van der Waals surface area contributed by atoms with Gasteiger partial charge in [-0.3, -0.25) is 14.4 Å². The van der Waals surface area contributed by atoms with Gasteiger partial charge in [0.15, 0.2) is 0 Å². The summed E-state index contributed by atoms with van der Waals surface area (Å²) in [5.41, 5.74) is 2.07. The van der Waals surface area contributed by atoms with Crippen LogP contribution >= 0.6 is 0 Å². The Morgan fingerprint density at radius 2 is 2.28 bits per heavy atom. The topological polar surface area (TPSA) is 72.3 Å². The quantitative estimate of drug-likeness (QED) is 0.866. The highest BCUT2D eigenvalue weighted by Gasteiger charge is 2.24. The Morgan fingerprint density at radius 1 is 1.32 bits per heavy atom. The average molecular weight is 341 g/mol. The number of rotatable bonds is 6. The highest BCUT2D eigenvalue weighted by molar-refractivity contribution is 5.93. The smallest absolute Gasteiger partial charge is 0.224 e. The van der Waals surface area contributed by atoms with Gasteiger partial charge in [-0.15, -0.1) is 0 Å². The third-order valence-corrected chi connectivity index (χ3v) is 4.98. The van der Waals surface area contributed by atoms with E-state index in [1.807, 2.05) is 22.9 Å². The summed E-state index contributed by atoms with van der Waals surface area (Å²) in [6.07, 6.45) is 7.11. The largest absolute Gasteiger partial charge is 0.492 e. The van der Waals surface area contributed by atoms with Crippen molar-refractivity contribution in [1.82, 2.24) is 19.7 Å². The lowest BCUT2D eigenvalue weighted by molar-refractivity contribution is -0.116. The van der Waals surface area contributed by atoms with Crippen LogP contribution in [0.4, 0.5) is 5.69 Å². The van der Waals surface area contributed by atoms with Gasteiger partial charge >= 0.3 is 0 Å². The van der Waals surface area contributed by atoms with Crippen LogP contribution in [0.3, 0.4) is 0 Å². The number of fused-ring (bicyclic) bond motifs is 1. The van der Waals surface area contributed by atoms with Crippen LogP contribution in [-0.4, -0.2) is 51.3 Å². The van der Waals surface area contributed by atoms with E-state index >= 15 is 0 Å². The molecule has 0 spiro atoms. The first kappa shape index (κ1) is 16.1. The first-order chi connectivity index (χ1) is 12.3. The Hall–Kier alpha value is -2.41. The Bertz CT molecular complexity index is 731. The Kier molecular flexibility index (Phi) is 4.65. The number of hydrogen-bond donors (Lipinski definition) is 1. The number of carbonyl (C=O) groups excluding carboxylic acids is 1. The van der Waals surface area contributed by atoms with E-state index in [2.05, 4.69) is 20.3 Å². The molecular weight excluding hydrogens is 318 g/mol. The summed E-state index contributed by atoms with van der Waals surface area (Å²) in [5, 5.41) is 7.10. The molecule has 2 aliphatic heterocycles. The maximum Gasteiger partial charge on any atom is 0.224 e. The van der Waals surface area contributed by atoms with Gasteiger partial charge in [0, 0.05) is 24.7 Å². The van der Waals surface area contributed by atoms with Crippen molar-refractivity contribution in [3.8, 4) is 5.75 Å². The van der Waals surface area contributed by atoms with Gasteiger partial charge in [0.25, 0.3) is 0 Å². The third kappa shape index (κ3) is 3.82. The van der Waals surface area contributed by atoms with E-state index in [-0.39, 0.29) is 5.91 Å². The highest BCUT2D eigenvalue weighted by atomic mass is 16.5. The molecule has 7 nitrogen and oxygen atoms in total. The van der Waals surface area contributed by atoms with Crippen LogP contribution in [0.2, 0.25) is 0 Å². The average Bonchev–Trinajstić information content (AvgIpc) is 3.28. The predicted molar refractivity (Wildman–Crippen MR) is 93.5 cm³/mol. The second-order valence-corrected chi connectivity index (χ2v) is 6.67. The number of benzene rings is 1. The summed E-state index contributed by atoms with van der Waals surface area (Å²) in [4.78, 5) is 17.9. The SMILES string of the molecule is O=C1CCc2cc(OCCN3CCCC3Cn3cncn3)ccc2N1. The van der Waals surface area contributed by atoms with Crippen LogP contribution in [0.5, 0.6) is 5.75 Å². The number of nitrogens with zero attached hydrogens (tertiary/aromatic N) is 4. The molecule has 1 N–H and O–H groups in total. The van der Waals surface area contributed by atoms with Crippen molar-refractivity contribution >= 4 is 11.6 Å². The fourth-order valence-electron chi connectivity index (χ4n) is 3.67. The summed E-state index contributed by atoms with van der Waals surface area (Å²) >= 11 is 0. The minimum atomic E-state index is 0.0913. The van der Waals surface area contributed by atoms with E-state index in [4.69, 9.17) is 4.74 Å². The third-order valence-electron chi connectivity index (χ3n) is 4.98. The molecule has 1 unspecified atom stereocenters. The maximum atomic E-state index is 11.4. The Morgan fingerprint density at radius 3 is 3.16 bits per heavy atom. The van der Waals surface area contributed by atoms with Gasteiger partial charge in [-0.05, 0) is 49.6 Å². The standard InChI is InChI=1S/C18H23N5O2/c24-18-6-3-14-10-16(4-5-17(14)21-18)25-9-8-22-7-1-2-15(22)11-23-13-19-12-20-23/h4-5,10,12-13,15H,1-3,6-9,11H2,(H,21,24). The number of likely N-dealkylation sites (tertiary alicyclic amines) is 1. The molecule has 0 bridgehead atoms. The zero-order chi connectivity index (χ0) is 17.1. The molecule has 1 aromatic carbocycles. The van der Waals surface area contributed by atoms with Crippen molar-refractivity contribution in [3.05, 3.63) is 36.4 Å². The number of hydrogen-bond acceptors (Lipinski definition) is 5. The minimum absolute atomic E-state index is 0.0913. The number of nitrogens with one attached hydrogen (secondary N) is 1. The fraction of sp³-hybridized carbons (Fsp3) is 0.500. The molecule has 0 radical (unpaired) electrons.